The number of thioether (sulfide) groups is 1. The van der Waals surface area contributed by atoms with Crippen molar-refractivity contribution in [2.24, 2.45) is 0 Å². The molecule has 0 fully saturated rings. The molecule has 0 aliphatic heterocycles. The lowest BCUT2D eigenvalue weighted by atomic mass is 10.2. The summed E-state index contributed by atoms with van der Waals surface area (Å²) in [6, 6.07) is 17.8. The van der Waals surface area contributed by atoms with Crippen molar-refractivity contribution >= 4 is 11.8 Å². The zero-order valence-electron chi connectivity index (χ0n) is 10.1. The number of rotatable bonds is 4. The highest BCUT2D eigenvalue weighted by Crippen LogP contribution is 2.26. The average Bonchev–Trinajstić information content (AvgIpc) is 2.45. The van der Waals surface area contributed by atoms with Gasteiger partial charge < -0.3 is 4.74 Å². The highest BCUT2D eigenvalue weighted by molar-refractivity contribution is 7.98. The Bertz CT molecular complexity index is 575. The Morgan fingerprint density at radius 3 is 2.78 bits per heavy atom. The quantitative estimate of drug-likeness (QED) is 0.778. The molecule has 2 aromatic carbocycles. The number of methoxy groups -OCH3 is 1. The van der Waals surface area contributed by atoms with E-state index in [0.29, 0.717) is 5.56 Å². The van der Waals surface area contributed by atoms with Gasteiger partial charge in [0.25, 0.3) is 0 Å². The SMILES string of the molecule is COc1cccc(SCc2cccc(C#N)c2)c1. The largest absolute Gasteiger partial charge is 0.497 e. The molecule has 0 N–H and O–H groups in total. The minimum atomic E-state index is 0.707. The Morgan fingerprint density at radius 2 is 2.00 bits per heavy atom. The van der Waals surface area contributed by atoms with Crippen LogP contribution in [0.4, 0.5) is 0 Å². The number of benzene rings is 2. The van der Waals surface area contributed by atoms with Crippen LogP contribution in [0.5, 0.6) is 5.75 Å². The maximum atomic E-state index is 8.84. The van der Waals surface area contributed by atoms with Crippen LogP contribution in [0.25, 0.3) is 0 Å². The van der Waals surface area contributed by atoms with E-state index in [-0.39, 0.29) is 0 Å². The Balaban J connectivity index is 2.04. The highest BCUT2D eigenvalue weighted by atomic mass is 32.2. The summed E-state index contributed by atoms with van der Waals surface area (Å²) in [5, 5.41) is 8.84. The van der Waals surface area contributed by atoms with Gasteiger partial charge in [-0.1, -0.05) is 18.2 Å². The molecule has 0 saturated heterocycles. The summed E-state index contributed by atoms with van der Waals surface area (Å²) >= 11 is 1.73. The lowest BCUT2D eigenvalue weighted by molar-refractivity contribution is 0.413. The Labute approximate surface area is 111 Å². The van der Waals surface area contributed by atoms with Crippen molar-refractivity contribution in [2.45, 2.75) is 10.6 Å². The van der Waals surface area contributed by atoms with Gasteiger partial charge in [0.1, 0.15) is 5.75 Å². The lowest BCUT2D eigenvalue weighted by Crippen LogP contribution is -1.84. The molecule has 0 atom stereocenters. The van der Waals surface area contributed by atoms with Crippen LogP contribution < -0.4 is 4.74 Å². The molecule has 0 aliphatic rings. The minimum Gasteiger partial charge on any atom is -0.497 e. The summed E-state index contributed by atoms with van der Waals surface area (Å²) < 4.78 is 5.19. The van der Waals surface area contributed by atoms with Crippen molar-refractivity contribution in [1.29, 1.82) is 5.26 Å². The second-order valence-corrected chi connectivity index (χ2v) is 4.83. The molecule has 0 spiro atoms. The fourth-order valence-corrected chi connectivity index (χ4v) is 2.48. The molecular weight excluding hydrogens is 242 g/mol. The number of hydrogen-bond donors (Lipinski definition) is 0. The molecule has 0 radical (unpaired) electrons. The Hall–Kier alpha value is -1.92. The van der Waals surface area contributed by atoms with Crippen molar-refractivity contribution in [3.05, 3.63) is 59.7 Å². The fraction of sp³-hybridized carbons (Fsp3) is 0.133. The van der Waals surface area contributed by atoms with Gasteiger partial charge in [-0.05, 0) is 35.9 Å². The summed E-state index contributed by atoms with van der Waals surface area (Å²) in [4.78, 5) is 1.16. The summed E-state index contributed by atoms with van der Waals surface area (Å²) in [6.07, 6.45) is 0. The number of nitriles is 1. The van der Waals surface area contributed by atoms with Gasteiger partial charge >= 0.3 is 0 Å². The van der Waals surface area contributed by atoms with E-state index < -0.39 is 0 Å². The molecule has 0 saturated carbocycles. The van der Waals surface area contributed by atoms with Crippen LogP contribution in [0.2, 0.25) is 0 Å². The van der Waals surface area contributed by atoms with Crippen molar-refractivity contribution in [3.8, 4) is 11.8 Å². The predicted octanol–water partition coefficient (Wildman–Crippen LogP) is 3.86. The smallest absolute Gasteiger partial charge is 0.119 e. The zero-order valence-corrected chi connectivity index (χ0v) is 10.9. The van der Waals surface area contributed by atoms with Gasteiger partial charge in [-0.2, -0.15) is 5.26 Å². The molecule has 0 unspecified atom stereocenters. The van der Waals surface area contributed by atoms with Crippen LogP contribution in [-0.4, -0.2) is 7.11 Å². The summed E-state index contributed by atoms with van der Waals surface area (Å²) in [5.74, 6) is 1.72. The zero-order chi connectivity index (χ0) is 12.8. The van der Waals surface area contributed by atoms with Crippen LogP contribution in [0.15, 0.2) is 53.4 Å². The monoisotopic (exact) mass is 255 g/mol. The first-order valence-electron chi connectivity index (χ1n) is 5.58. The van der Waals surface area contributed by atoms with Crippen LogP contribution in [0.3, 0.4) is 0 Å². The van der Waals surface area contributed by atoms with E-state index in [2.05, 4.69) is 12.1 Å². The van der Waals surface area contributed by atoms with Crippen molar-refractivity contribution < 1.29 is 4.74 Å². The van der Waals surface area contributed by atoms with E-state index in [1.165, 1.54) is 0 Å². The molecule has 0 bridgehead atoms. The van der Waals surface area contributed by atoms with E-state index in [9.17, 15) is 0 Å². The summed E-state index contributed by atoms with van der Waals surface area (Å²) in [6.45, 7) is 0. The van der Waals surface area contributed by atoms with Gasteiger partial charge in [0.05, 0.1) is 18.7 Å². The van der Waals surface area contributed by atoms with Crippen LogP contribution in [0, 0.1) is 11.3 Å². The van der Waals surface area contributed by atoms with E-state index in [1.807, 2.05) is 42.5 Å². The normalized spacial score (nSPS) is 9.78. The summed E-state index contributed by atoms with van der Waals surface area (Å²) in [7, 11) is 1.67. The third-order valence-corrected chi connectivity index (χ3v) is 3.57. The lowest BCUT2D eigenvalue weighted by Gasteiger charge is -2.04. The molecule has 2 nitrogen and oxygen atoms in total. The van der Waals surface area contributed by atoms with E-state index in [1.54, 1.807) is 18.9 Å². The molecule has 0 aromatic heterocycles. The third kappa shape index (κ3) is 3.28. The van der Waals surface area contributed by atoms with E-state index in [4.69, 9.17) is 10.00 Å². The Kier molecular flexibility index (Phi) is 4.27. The molecule has 0 heterocycles. The van der Waals surface area contributed by atoms with Crippen LogP contribution in [0.1, 0.15) is 11.1 Å². The predicted molar refractivity (Wildman–Crippen MR) is 73.7 cm³/mol. The maximum Gasteiger partial charge on any atom is 0.119 e. The van der Waals surface area contributed by atoms with Gasteiger partial charge in [-0.25, -0.2) is 0 Å². The van der Waals surface area contributed by atoms with E-state index >= 15 is 0 Å². The molecule has 0 aliphatic carbocycles. The van der Waals surface area contributed by atoms with E-state index in [0.717, 1.165) is 22.0 Å². The van der Waals surface area contributed by atoms with Crippen LogP contribution in [-0.2, 0) is 5.75 Å². The average molecular weight is 255 g/mol. The second kappa shape index (κ2) is 6.13. The van der Waals surface area contributed by atoms with Crippen molar-refractivity contribution in [2.75, 3.05) is 7.11 Å². The first-order chi connectivity index (χ1) is 8.81. The molecule has 90 valence electrons. The van der Waals surface area contributed by atoms with Crippen LogP contribution >= 0.6 is 11.8 Å². The molecule has 18 heavy (non-hydrogen) atoms. The Morgan fingerprint density at radius 1 is 1.17 bits per heavy atom. The highest BCUT2D eigenvalue weighted by Gasteiger charge is 1.99. The van der Waals surface area contributed by atoms with Crippen molar-refractivity contribution in [3.63, 3.8) is 0 Å². The van der Waals surface area contributed by atoms with Gasteiger partial charge in [0, 0.05) is 10.6 Å². The van der Waals surface area contributed by atoms with Crippen molar-refractivity contribution in [1.82, 2.24) is 0 Å². The number of nitrogens with zero attached hydrogens (tertiary/aromatic N) is 1. The molecule has 2 aromatic rings. The third-order valence-electron chi connectivity index (χ3n) is 2.50. The molecule has 3 heteroatoms. The molecule has 0 amide bonds. The second-order valence-electron chi connectivity index (χ2n) is 3.78. The topological polar surface area (TPSA) is 33.0 Å². The van der Waals surface area contributed by atoms with Gasteiger partial charge in [0.2, 0.25) is 0 Å². The minimum absolute atomic E-state index is 0.707. The first kappa shape index (κ1) is 12.5. The molecule has 2 rings (SSSR count). The van der Waals surface area contributed by atoms with Gasteiger partial charge in [-0.3, -0.25) is 0 Å². The van der Waals surface area contributed by atoms with Gasteiger partial charge in [-0.15, -0.1) is 11.8 Å². The maximum absolute atomic E-state index is 8.84. The summed E-state index contributed by atoms with van der Waals surface area (Å²) in [5.41, 5.74) is 1.86. The molecular formula is C15H13NOS. The standard InChI is InChI=1S/C15H13NOS/c1-17-14-6-3-7-15(9-14)18-11-13-5-2-4-12(8-13)10-16/h2-9H,11H2,1H3. The van der Waals surface area contributed by atoms with Gasteiger partial charge in [0.15, 0.2) is 0 Å². The fourth-order valence-electron chi connectivity index (χ4n) is 1.59. The number of hydrogen-bond acceptors (Lipinski definition) is 3. The number of ether oxygens (including phenoxy) is 1. The first-order valence-corrected chi connectivity index (χ1v) is 6.56.